The molecule has 0 radical (unpaired) electrons. The van der Waals surface area contributed by atoms with Crippen molar-refractivity contribution in [3.05, 3.63) is 41.0 Å². The van der Waals surface area contributed by atoms with Gasteiger partial charge in [0.25, 0.3) is 10.0 Å². The molecule has 1 fully saturated rings. The number of imidazole rings is 1. The van der Waals surface area contributed by atoms with E-state index in [-0.39, 0.29) is 17.7 Å². The number of halogens is 1. The second-order valence-electron chi connectivity index (χ2n) is 4.52. The van der Waals surface area contributed by atoms with Crippen LogP contribution in [-0.4, -0.2) is 47.4 Å². The third kappa shape index (κ3) is 3.00. The highest BCUT2D eigenvalue weighted by Crippen LogP contribution is 2.25. The van der Waals surface area contributed by atoms with Gasteiger partial charge in [0.1, 0.15) is 10.7 Å². The monoisotopic (exact) mass is 372 g/mol. The lowest BCUT2D eigenvalue weighted by molar-refractivity contribution is -0.00507. The van der Waals surface area contributed by atoms with E-state index in [9.17, 15) is 8.42 Å². The van der Waals surface area contributed by atoms with Crippen LogP contribution >= 0.6 is 15.9 Å². The van der Waals surface area contributed by atoms with Crippen LogP contribution in [0.3, 0.4) is 0 Å². The van der Waals surface area contributed by atoms with Crippen molar-refractivity contribution in [2.24, 2.45) is 0 Å². The van der Waals surface area contributed by atoms with Gasteiger partial charge in [-0.05, 0) is 28.1 Å². The SMILES string of the molecule is O=S(=O)(c1cnc[nH]1)N1CCO[C@@H](c2cccc(Br)n2)C1. The average molecular weight is 373 g/mol. The molecule has 7 nitrogen and oxygen atoms in total. The zero-order valence-electron chi connectivity index (χ0n) is 10.9. The summed E-state index contributed by atoms with van der Waals surface area (Å²) in [6, 6.07) is 5.48. The molecule has 0 spiro atoms. The van der Waals surface area contributed by atoms with E-state index < -0.39 is 10.0 Å². The number of morpholine rings is 1. The molecule has 2 aromatic rings. The van der Waals surface area contributed by atoms with Crippen molar-refractivity contribution in [2.45, 2.75) is 11.1 Å². The molecule has 0 bridgehead atoms. The summed E-state index contributed by atoms with van der Waals surface area (Å²) < 4.78 is 32.6. The van der Waals surface area contributed by atoms with Gasteiger partial charge in [-0.1, -0.05) is 6.07 Å². The van der Waals surface area contributed by atoms with Crippen molar-refractivity contribution in [1.29, 1.82) is 0 Å². The Balaban J connectivity index is 1.83. The van der Waals surface area contributed by atoms with Gasteiger partial charge < -0.3 is 9.72 Å². The van der Waals surface area contributed by atoms with Crippen molar-refractivity contribution < 1.29 is 13.2 Å². The summed E-state index contributed by atoms with van der Waals surface area (Å²) in [7, 11) is -3.57. The van der Waals surface area contributed by atoms with Crippen LogP contribution in [0.15, 0.2) is 40.4 Å². The van der Waals surface area contributed by atoms with Crippen LogP contribution in [0.5, 0.6) is 0 Å². The molecule has 112 valence electrons. The Hall–Kier alpha value is -1.29. The van der Waals surface area contributed by atoms with E-state index >= 15 is 0 Å². The zero-order valence-corrected chi connectivity index (χ0v) is 13.3. The van der Waals surface area contributed by atoms with Gasteiger partial charge in [0.2, 0.25) is 0 Å². The number of aromatic nitrogens is 3. The van der Waals surface area contributed by atoms with Crippen LogP contribution in [0.4, 0.5) is 0 Å². The minimum atomic E-state index is -3.57. The van der Waals surface area contributed by atoms with Gasteiger partial charge in [-0.25, -0.2) is 18.4 Å². The third-order valence-corrected chi connectivity index (χ3v) is 5.42. The number of nitrogens with zero attached hydrogens (tertiary/aromatic N) is 3. The van der Waals surface area contributed by atoms with E-state index in [1.54, 1.807) is 0 Å². The molecule has 0 aromatic carbocycles. The first-order valence-corrected chi connectivity index (χ1v) is 8.53. The summed E-state index contributed by atoms with van der Waals surface area (Å²) in [6.07, 6.45) is 2.27. The smallest absolute Gasteiger partial charge is 0.260 e. The highest BCUT2D eigenvalue weighted by atomic mass is 79.9. The molecule has 3 rings (SSSR count). The van der Waals surface area contributed by atoms with Crippen LogP contribution in [0.1, 0.15) is 11.8 Å². The van der Waals surface area contributed by atoms with Gasteiger partial charge in [-0.3, -0.25) is 0 Å². The maximum atomic E-state index is 12.5. The Morgan fingerprint density at radius 1 is 1.43 bits per heavy atom. The molecular weight excluding hydrogens is 360 g/mol. The number of hydrogen-bond donors (Lipinski definition) is 1. The summed E-state index contributed by atoms with van der Waals surface area (Å²) in [5.74, 6) is 0. The van der Waals surface area contributed by atoms with Gasteiger partial charge >= 0.3 is 0 Å². The number of ether oxygens (including phenoxy) is 1. The van der Waals surface area contributed by atoms with Crippen molar-refractivity contribution in [3.63, 3.8) is 0 Å². The predicted octanol–water partition coefficient (Wildman–Crippen LogP) is 1.33. The van der Waals surface area contributed by atoms with Gasteiger partial charge in [0.15, 0.2) is 5.03 Å². The molecule has 3 heterocycles. The first kappa shape index (κ1) is 14.6. The zero-order chi connectivity index (χ0) is 14.9. The van der Waals surface area contributed by atoms with Gasteiger partial charge in [-0.15, -0.1) is 0 Å². The van der Waals surface area contributed by atoms with Crippen LogP contribution in [0.25, 0.3) is 0 Å². The Morgan fingerprint density at radius 2 is 2.29 bits per heavy atom. The molecule has 1 aliphatic rings. The topological polar surface area (TPSA) is 88.2 Å². The average Bonchev–Trinajstić information content (AvgIpc) is 3.02. The van der Waals surface area contributed by atoms with Crippen molar-refractivity contribution in [1.82, 2.24) is 19.3 Å². The normalized spacial score (nSPS) is 20.5. The van der Waals surface area contributed by atoms with E-state index in [1.165, 1.54) is 16.8 Å². The summed E-state index contributed by atoms with van der Waals surface area (Å²) in [5, 5.41) is 0.0883. The molecule has 1 N–H and O–H groups in total. The molecule has 1 saturated heterocycles. The van der Waals surface area contributed by atoms with Crippen molar-refractivity contribution in [2.75, 3.05) is 19.7 Å². The van der Waals surface area contributed by atoms with Crippen LogP contribution < -0.4 is 0 Å². The highest BCUT2D eigenvalue weighted by Gasteiger charge is 2.32. The lowest BCUT2D eigenvalue weighted by Gasteiger charge is -2.31. The van der Waals surface area contributed by atoms with E-state index in [0.717, 1.165) is 0 Å². The lowest BCUT2D eigenvalue weighted by Crippen LogP contribution is -2.42. The third-order valence-electron chi connectivity index (χ3n) is 3.19. The van der Waals surface area contributed by atoms with E-state index in [4.69, 9.17) is 4.74 Å². The van der Waals surface area contributed by atoms with Crippen molar-refractivity contribution >= 4 is 26.0 Å². The maximum absolute atomic E-state index is 12.5. The standard InChI is InChI=1S/C12H13BrN4O3S/c13-11-3-1-2-9(16-11)10-7-17(4-5-20-10)21(18,19)12-6-14-8-15-12/h1-3,6,8,10H,4-5,7H2,(H,14,15)/t10-/m1/s1. The molecule has 1 atom stereocenters. The number of pyridine rings is 1. The summed E-state index contributed by atoms with van der Waals surface area (Å²) in [5.41, 5.74) is 0.703. The Labute approximate surface area is 130 Å². The molecule has 9 heteroatoms. The summed E-state index contributed by atoms with van der Waals surface area (Å²) in [6.45, 7) is 0.864. The molecule has 0 amide bonds. The quantitative estimate of drug-likeness (QED) is 0.821. The Kier molecular flexibility index (Phi) is 4.07. The molecule has 0 unspecified atom stereocenters. The molecule has 2 aromatic heterocycles. The second-order valence-corrected chi connectivity index (χ2v) is 7.24. The first-order chi connectivity index (χ1) is 10.1. The fourth-order valence-electron chi connectivity index (χ4n) is 2.15. The molecule has 1 aliphatic heterocycles. The number of hydrogen-bond acceptors (Lipinski definition) is 5. The molecule has 21 heavy (non-hydrogen) atoms. The highest BCUT2D eigenvalue weighted by molar-refractivity contribution is 9.10. The van der Waals surface area contributed by atoms with E-state index in [1.807, 2.05) is 18.2 Å². The Morgan fingerprint density at radius 3 is 3.00 bits per heavy atom. The minimum absolute atomic E-state index is 0.0883. The number of H-pyrrole nitrogens is 1. The van der Waals surface area contributed by atoms with Crippen LogP contribution in [-0.2, 0) is 14.8 Å². The number of sulfonamides is 1. The van der Waals surface area contributed by atoms with Gasteiger partial charge in [-0.2, -0.15) is 4.31 Å². The van der Waals surface area contributed by atoms with Crippen LogP contribution in [0.2, 0.25) is 0 Å². The fraction of sp³-hybridized carbons (Fsp3) is 0.333. The summed E-state index contributed by atoms with van der Waals surface area (Å²) >= 11 is 3.30. The number of aromatic amines is 1. The first-order valence-electron chi connectivity index (χ1n) is 6.30. The molecule has 0 aliphatic carbocycles. The molecule has 0 saturated carbocycles. The van der Waals surface area contributed by atoms with Gasteiger partial charge in [0, 0.05) is 13.1 Å². The summed E-state index contributed by atoms with van der Waals surface area (Å²) in [4.78, 5) is 10.7. The number of rotatable bonds is 3. The van der Waals surface area contributed by atoms with Crippen LogP contribution in [0, 0.1) is 0 Å². The van der Waals surface area contributed by atoms with Gasteiger partial charge in [0.05, 0.1) is 24.8 Å². The Bertz CT molecular complexity index is 720. The fourth-order valence-corrected chi connectivity index (χ4v) is 3.83. The van der Waals surface area contributed by atoms with Crippen molar-refractivity contribution in [3.8, 4) is 0 Å². The number of nitrogens with one attached hydrogen (secondary N) is 1. The minimum Gasteiger partial charge on any atom is -0.369 e. The second kappa shape index (κ2) is 5.84. The maximum Gasteiger partial charge on any atom is 0.260 e. The van der Waals surface area contributed by atoms with E-state index in [0.29, 0.717) is 23.4 Å². The lowest BCUT2D eigenvalue weighted by atomic mass is 10.2. The van der Waals surface area contributed by atoms with E-state index in [2.05, 4.69) is 30.9 Å². The molecular formula is C12H13BrN4O3S. The largest absolute Gasteiger partial charge is 0.369 e. The predicted molar refractivity (Wildman–Crippen MR) is 78.0 cm³/mol.